The van der Waals surface area contributed by atoms with E-state index >= 15 is 0 Å². The van der Waals surface area contributed by atoms with E-state index in [4.69, 9.17) is 5.73 Å². The van der Waals surface area contributed by atoms with Crippen molar-refractivity contribution in [3.05, 3.63) is 35.9 Å². The molecule has 0 aliphatic heterocycles. The Kier molecular flexibility index (Phi) is 6.57. The molecule has 0 spiro atoms. The lowest BCUT2D eigenvalue weighted by Crippen LogP contribution is -2.42. The van der Waals surface area contributed by atoms with Gasteiger partial charge in [0.25, 0.3) is 0 Å². The largest absolute Gasteiger partial charge is 0.354 e. The molecule has 3 N–H and O–H groups in total. The standard InChI is InChI=1S/C16H26N2O/c1-4-13(14-8-6-5-7-9-14)11-18-16(19)15(17)10-12(2)3/h5-9,12-13,15H,4,10-11,17H2,1-3H3,(H,18,19)/t13?,15-/m0/s1. The van der Waals surface area contributed by atoms with Gasteiger partial charge >= 0.3 is 0 Å². The van der Waals surface area contributed by atoms with Crippen LogP contribution in [0.15, 0.2) is 30.3 Å². The summed E-state index contributed by atoms with van der Waals surface area (Å²) in [5, 5.41) is 2.97. The van der Waals surface area contributed by atoms with Gasteiger partial charge in [0.05, 0.1) is 6.04 Å². The van der Waals surface area contributed by atoms with Crippen molar-refractivity contribution in [2.75, 3.05) is 6.54 Å². The maximum absolute atomic E-state index is 11.9. The topological polar surface area (TPSA) is 55.1 Å². The summed E-state index contributed by atoms with van der Waals surface area (Å²) in [6.45, 7) is 6.95. The number of rotatable bonds is 7. The summed E-state index contributed by atoms with van der Waals surface area (Å²) in [7, 11) is 0. The van der Waals surface area contributed by atoms with Crippen LogP contribution in [-0.2, 0) is 4.79 Å². The Balaban J connectivity index is 2.48. The molecule has 2 atom stereocenters. The first-order valence-electron chi connectivity index (χ1n) is 7.12. The number of hydrogen-bond donors (Lipinski definition) is 2. The Morgan fingerprint density at radius 1 is 1.26 bits per heavy atom. The molecule has 0 aromatic heterocycles. The van der Waals surface area contributed by atoms with Crippen molar-refractivity contribution in [3.63, 3.8) is 0 Å². The fraction of sp³-hybridized carbons (Fsp3) is 0.562. The van der Waals surface area contributed by atoms with Gasteiger partial charge in [0, 0.05) is 12.5 Å². The molecule has 0 aliphatic carbocycles. The molecule has 1 rings (SSSR count). The van der Waals surface area contributed by atoms with E-state index in [-0.39, 0.29) is 5.91 Å². The van der Waals surface area contributed by atoms with E-state index in [1.807, 2.05) is 18.2 Å². The molecule has 1 unspecified atom stereocenters. The number of nitrogens with one attached hydrogen (secondary N) is 1. The SMILES string of the molecule is CCC(CNC(=O)[C@@H](N)CC(C)C)c1ccccc1. The molecule has 0 bridgehead atoms. The van der Waals surface area contributed by atoms with Gasteiger partial charge in [-0.05, 0) is 24.3 Å². The molecule has 0 aliphatic rings. The number of nitrogens with two attached hydrogens (primary N) is 1. The van der Waals surface area contributed by atoms with E-state index in [1.54, 1.807) is 0 Å². The number of carbonyl (C=O) groups is 1. The van der Waals surface area contributed by atoms with Crippen LogP contribution < -0.4 is 11.1 Å². The van der Waals surface area contributed by atoms with E-state index in [0.29, 0.717) is 18.4 Å². The zero-order valence-corrected chi connectivity index (χ0v) is 12.2. The highest BCUT2D eigenvalue weighted by Gasteiger charge is 2.16. The van der Waals surface area contributed by atoms with Crippen LogP contribution in [0.1, 0.15) is 45.1 Å². The number of amides is 1. The van der Waals surface area contributed by atoms with Crippen LogP contribution in [0.2, 0.25) is 0 Å². The van der Waals surface area contributed by atoms with Crippen molar-refractivity contribution in [2.45, 2.75) is 45.6 Å². The van der Waals surface area contributed by atoms with Crippen molar-refractivity contribution < 1.29 is 4.79 Å². The van der Waals surface area contributed by atoms with Crippen molar-refractivity contribution >= 4 is 5.91 Å². The Bertz CT molecular complexity index is 376. The highest BCUT2D eigenvalue weighted by molar-refractivity contribution is 5.81. The van der Waals surface area contributed by atoms with Gasteiger partial charge in [0.2, 0.25) is 5.91 Å². The summed E-state index contributed by atoms with van der Waals surface area (Å²) in [5.74, 6) is 0.760. The third kappa shape index (κ3) is 5.43. The average Bonchev–Trinajstić information content (AvgIpc) is 2.39. The van der Waals surface area contributed by atoms with Crippen molar-refractivity contribution in [2.24, 2.45) is 11.7 Å². The van der Waals surface area contributed by atoms with E-state index in [9.17, 15) is 4.79 Å². The van der Waals surface area contributed by atoms with Crippen molar-refractivity contribution in [1.29, 1.82) is 0 Å². The van der Waals surface area contributed by atoms with Gasteiger partial charge in [-0.1, -0.05) is 51.1 Å². The molecular formula is C16H26N2O. The highest BCUT2D eigenvalue weighted by atomic mass is 16.2. The third-order valence-corrected chi connectivity index (χ3v) is 3.35. The molecule has 1 aromatic rings. The quantitative estimate of drug-likeness (QED) is 0.793. The Morgan fingerprint density at radius 2 is 1.89 bits per heavy atom. The molecule has 3 heteroatoms. The third-order valence-electron chi connectivity index (χ3n) is 3.35. The highest BCUT2D eigenvalue weighted by Crippen LogP contribution is 2.18. The van der Waals surface area contributed by atoms with E-state index in [0.717, 1.165) is 12.8 Å². The Labute approximate surface area is 116 Å². The summed E-state index contributed by atoms with van der Waals surface area (Å²) in [6.07, 6.45) is 1.73. The van der Waals surface area contributed by atoms with E-state index in [2.05, 4.69) is 38.2 Å². The molecule has 0 heterocycles. The minimum Gasteiger partial charge on any atom is -0.354 e. The second-order valence-corrected chi connectivity index (χ2v) is 5.50. The first-order chi connectivity index (χ1) is 9.04. The van der Waals surface area contributed by atoms with Crippen molar-refractivity contribution in [1.82, 2.24) is 5.32 Å². The first kappa shape index (κ1) is 15.7. The fourth-order valence-electron chi connectivity index (χ4n) is 2.19. The molecule has 3 nitrogen and oxygen atoms in total. The summed E-state index contributed by atoms with van der Waals surface area (Å²) >= 11 is 0. The summed E-state index contributed by atoms with van der Waals surface area (Å²) in [4.78, 5) is 11.9. The maximum atomic E-state index is 11.9. The van der Waals surface area contributed by atoms with Crippen LogP contribution in [0.4, 0.5) is 0 Å². The normalized spacial score (nSPS) is 14.2. The van der Waals surface area contributed by atoms with E-state index < -0.39 is 6.04 Å². The molecule has 1 amide bonds. The molecule has 19 heavy (non-hydrogen) atoms. The van der Waals surface area contributed by atoms with Crippen LogP contribution in [0.3, 0.4) is 0 Å². The molecule has 0 saturated carbocycles. The van der Waals surface area contributed by atoms with Crippen molar-refractivity contribution in [3.8, 4) is 0 Å². The van der Waals surface area contributed by atoms with Gasteiger partial charge in [-0.3, -0.25) is 4.79 Å². The minimum atomic E-state index is -0.395. The monoisotopic (exact) mass is 262 g/mol. The van der Waals surface area contributed by atoms with Crippen LogP contribution in [0.25, 0.3) is 0 Å². The maximum Gasteiger partial charge on any atom is 0.236 e. The van der Waals surface area contributed by atoms with Gasteiger partial charge in [-0.25, -0.2) is 0 Å². The molecule has 106 valence electrons. The lowest BCUT2D eigenvalue weighted by Gasteiger charge is -2.19. The molecule has 0 radical (unpaired) electrons. The Hall–Kier alpha value is -1.35. The number of hydrogen-bond acceptors (Lipinski definition) is 2. The Morgan fingerprint density at radius 3 is 2.42 bits per heavy atom. The molecule has 0 saturated heterocycles. The van der Waals surface area contributed by atoms with E-state index in [1.165, 1.54) is 5.56 Å². The second kappa shape index (κ2) is 7.95. The van der Waals surface area contributed by atoms with Gasteiger partial charge in [0.15, 0.2) is 0 Å². The molecule has 1 aromatic carbocycles. The molecular weight excluding hydrogens is 236 g/mol. The lowest BCUT2D eigenvalue weighted by molar-refractivity contribution is -0.122. The lowest BCUT2D eigenvalue weighted by atomic mass is 9.96. The zero-order valence-electron chi connectivity index (χ0n) is 12.2. The van der Waals surface area contributed by atoms with Gasteiger partial charge < -0.3 is 11.1 Å². The van der Waals surface area contributed by atoms with Crippen LogP contribution >= 0.6 is 0 Å². The average molecular weight is 262 g/mol. The summed E-state index contributed by atoms with van der Waals surface area (Å²) < 4.78 is 0. The van der Waals surface area contributed by atoms with Crippen LogP contribution in [0, 0.1) is 5.92 Å². The van der Waals surface area contributed by atoms with Crippen LogP contribution in [0.5, 0.6) is 0 Å². The number of carbonyl (C=O) groups excluding carboxylic acids is 1. The smallest absolute Gasteiger partial charge is 0.236 e. The zero-order chi connectivity index (χ0) is 14.3. The molecule has 0 fully saturated rings. The van der Waals surface area contributed by atoms with Gasteiger partial charge in [-0.15, -0.1) is 0 Å². The predicted molar refractivity (Wildman–Crippen MR) is 79.9 cm³/mol. The predicted octanol–water partition coefficient (Wildman–Crippen LogP) is 2.67. The summed E-state index contributed by atoms with van der Waals surface area (Å²) in [5.41, 5.74) is 7.14. The second-order valence-electron chi connectivity index (χ2n) is 5.50. The fourth-order valence-corrected chi connectivity index (χ4v) is 2.19. The summed E-state index contributed by atoms with van der Waals surface area (Å²) in [6, 6.07) is 9.89. The van der Waals surface area contributed by atoms with Gasteiger partial charge in [-0.2, -0.15) is 0 Å². The van der Waals surface area contributed by atoms with Gasteiger partial charge in [0.1, 0.15) is 0 Å². The van der Waals surface area contributed by atoms with Crippen LogP contribution in [-0.4, -0.2) is 18.5 Å². The first-order valence-corrected chi connectivity index (χ1v) is 7.12. The minimum absolute atomic E-state index is 0.0388. The number of benzene rings is 1.